The third-order valence-corrected chi connectivity index (χ3v) is 4.35. The molecule has 116 valence electrons. The normalized spacial score (nSPS) is 26.0. The Labute approximate surface area is 124 Å². The second-order valence-corrected chi connectivity index (χ2v) is 6.06. The minimum atomic E-state index is -0.667. The van der Waals surface area contributed by atoms with Crippen molar-refractivity contribution in [2.75, 3.05) is 6.54 Å². The molecule has 1 aromatic rings. The van der Waals surface area contributed by atoms with Crippen LogP contribution in [0.25, 0.3) is 0 Å². The van der Waals surface area contributed by atoms with Gasteiger partial charge in [0.2, 0.25) is 0 Å². The van der Waals surface area contributed by atoms with Crippen molar-refractivity contribution >= 4 is 5.91 Å². The Balaban J connectivity index is 2.29. The van der Waals surface area contributed by atoms with Gasteiger partial charge in [-0.25, -0.2) is 8.78 Å². The number of aryl methyl sites for hydroxylation is 1. The third kappa shape index (κ3) is 3.07. The molecule has 1 aliphatic heterocycles. The molecule has 1 fully saturated rings. The zero-order valence-corrected chi connectivity index (χ0v) is 12.7. The van der Waals surface area contributed by atoms with Gasteiger partial charge in [0.25, 0.3) is 5.91 Å². The van der Waals surface area contributed by atoms with Crippen LogP contribution in [0.3, 0.4) is 0 Å². The van der Waals surface area contributed by atoms with Crippen LogP contribution in [0.2, 0.25) is 0 Å². The second-order valence-electron chi connectivity index (χ2n) is 6.06. The molecular formula is C16H22F2N2O. The fraction of sp³-hybridized carbons (Fsp3) is 0.562. The summed E-state index contributed by atoms with van der Waals surface area (Å²) in [5.74, 6) is -1.29. The van der Waals surface area contributed by atoms with Gasteiger partial charge in [0.1, 0.15) is 11.6 Å². The summed E-state index contributed by atoms with van der Waals surface area (Å²) < 4.78 is 27.6. The predicted octanol–water partition coefficient (Wildman–Crippen LogP) is 2.86. The van der Waals surface area contributed by atoms with E-state index in [4.69, 9.17) is 5.73 Å². The Morgan fingerprint density at radius 3 is 2.33 bits per heavy atom. The number of rotatable bonds is 2. The Morgan fingerprint density at radius 1 is 1.24 bits per heavy atom. The number of likely N-dealkylation sites (tertiary alicyclic amines) is 1. The van der Waals surface area contributed by atoms with Crippen LogP contribution in [-0.2, 0) is 0 Å². The SMILES string of the molecule is Cc1cc(F)c(C(=O)N2C(C)CC(CN)CC2C)cc1F. The first kappa shape index (κ1) is 15.9. The average molecular weight is 296 g/mol. The van der Waals surface area contributed by atoms with Crippen LogP contribution in [0.4, 0.5) is 8.78 Å². The van der Waals surface area contributed by atoms with Crippen LogP contribution >= 0.6 is 0 Å². The summed E-state index contributed by atoms with van der Waals surface area (Å²) in [6.07, 6.45) is 1.59. The van der Waals surface area contributed by atoms with E-state index in [-0.39, 0.29) is 23.2 Å². The van der Waals surface area contributed by atoms with Crippen molar-refractivity contribution in [2.45, 2.75) is 45.7 Å². The Hall–Kier alpha value is -1.49. The van der Waals surface area contributed by atoms with Crippen molar-refractivity contribution in [3.05, 3.63) is 34.9 Å². The van der Waals surface area contributed by atoms with Gasteiger partial charge in [-0.15, -0.1) is 0 Å². The molecular weight excluding hydrogens is 274 g/mol. The first-order valence-electron chi connectivity index (χ1n) is 7.33. The van der Waals surface area contributed by atoms with Gasteiger partial charge in [0.15, 0.2) is 0 Å². The highest BCUT2D eigenvalue weighted by Gasteiger charge is 2.35. The fourth-order valence-electron chi connectivity index (χ4n) is 3.26. The molecule has 3 nitrogen and oxygen atoms in total. The Kier molecular flexibility index (Phi) is 4.61. The molecule has 2 unspecified atom stereocenters. The lowest BCUT2D eigenvalue weighted by Gasteiger charge is -2.42. The van der Waals surface area contributed by atoms with E-state index in [0.717, 1.165) is 25.0 Å². The Bertz CT molecular complexity index is 535. The predicted molar refractivity (Wildman–Crippen MR) is 78.0 cm³/mol. The van der Waals surface area contributed by atoms with Crippen molar-refractivity contribution in [1.82, 2.24) is 4.90 Å². The van der Waals surface area contributed by atoms with Crippen molar-refractivity contribution in [1.29, 1.82) is 0 Å². The van der Waals surface area contributed by atoms with Crippen molar-refractivity contribution < 1.29 is 13.6 Å². The number of amides is 1. The molecule has 1 heterocycles. The summed E-state index contributed by atoms with van der Waals surface area (Å²) >= 11 is 0. The molecule has 0 aromatic heterocycles. The maximum atomic E-state index is 14.0. The minimum Gasteiger partial charge on any atom is -0.333 e. The van der Waals surface area contributed by atoms with Gasteiger partial charge in [-0.2, -0.15) is 0 Å². The van der Waals surface area contributed by atoms with E-state index in [1.165, 1.54) is 6.92 Å². The molecule has 21 heavy (non-hydrogen) atoms. The first-order valence-corrected chi connectivity index (χ1v) is 7.33. The smallest absolute Gasteiger partial charge is 0.257 e. The van der Waals surface area contributed by atoms with E-state index in [2.05, 4.69) is 0 Å². The second kappa shape index (κ2) is 6.10. The maximum absolute atomic E-state index is 14.0. The number of piperidine rings is 1. The largest absolute Gasteiger partial charge is 0.333 e. The topological polar surface area (TPSA) is 46.3 Å². The van der Waals surface area contributed by atoms with Crippen molar-refractivity contribution in [2.24, 2.45) is 11.7 Å². The molecule has 2 rings (SSSR count). The lowest BCUT2D eigenvalue weighted by atomic mass is 9.86. The number of halogens is 2. The van der Waals surface area contributed by atoms with Crippen LogP contribution in [0.15, 0.2) is 12.1 Å². The van der Waals surface area contributed by atoms with Gasteiger partial charge >= 0.3 is 0 Å². The van der Waals surface area contributed by atoms with Crippen LogP contribution in [0.1, 0.15) is 42.6 Å². The molecule has 1 amide bonds. The number of nitrogens with zero attached hydrogens (tertiary/aromatic N) is 1. The fourth-order valence-corrected chi connectivity index (χ4v) is 3.26. The van der Waals surface area contributed by atoms with Crippen LogP contribution in [0.5, 0.6) is 0 Å². The monoisotopic (exact) mass is 296 g/mol. The molecule has 1 aliphatic rings. The van der Waals surface area contributed by atoms with E-state index in [9.17, 15) is 13.6 Å². The summed E-state index contributed by atoms with van der Waals surface area (Å²) in [7, 11) is 0. The number of hydrogen-bond acceptors (Lipinski definition) is 2. The summed E-state index contributed by atoms with van der Waals surface area (Å²) in [6, 6.07) is 2.02. The summed E-state index contributed by atoms with van der Waals surface area (Å²) in [5.41, 5.74) is 5.72. The number of nitrogens with two attached hydrogens (primary N) is 1. The van der Waals surface area contributed by atoms with Crippen LogP contribution in [-0.4, -0.2) is 29.4 Å². The van der Waals surface area contributed by atoms with E-state index in [1.807, 2.05) is 13.8 Å². The first-order chi connectivity index (χ1) is 9.85. The molecule has 5 heteroatoms. The van der Waals surface area contributed by atoms with Gasteiger partial charge in [-0.1, -0.05) is 0 Å². The number of carbonyl (C=O) groups excluding carboxylic acids is 1. The lowest BCUT2D eigenvalue weighted by molar-refractivity contribution is 0.0419. The lowest BCUT2D eigenvalue weighted by Crippen LogP contribution is -2.51. The molecule has 1 aromatic carbocycles. The zero-order valence-electron chi connectivity index (χ0n) is 12.7. The van der Waals surface area contributed by atoms with E-state index >= 15 is 0 Å². The quantitative estimate of drug-likeness (QED) is 0.912. The van der Waals surface area contributed by atoms with Crippen LogP contribution < -0.4 is 5.73 Å². The third-order valence-electron chi connectivity index (χ3n) is 4.35. The zero-order chi connectivity index (χ0) is 15.7. The molecule has 0 radical (unpaired) electrons. The van der Waals surface area contributed by atoms with Gasteiger partial charge < -0.3 is 10.6 Å². The van der Waals surface area contributed by atoms with E-state index in [0.29, 0.717) is 12.5 Å². The van der Waals surface area contributed by atoms with Crippen molar-refractivity contribution in [3.8, 4) is 0 Å². The standard InChI is InChI=1S/C16H22F2N2O/c1-9-4-15(18)13(7-14(9)17)16(21)20-10(2)5-12(8-19)6-11(20)3/h4,7,10-12H,5-6,8,19H2,1-3H3. The highest BCUT2D eigenvalue weighted by Crippen LogP contribution is 2.29. The molecule has 0 aliphatic carbocycles. The number of carbonyl (C=O) groups is 1. The molecule has 0 spiro atoms. The van der Waals surface area contributed by atoms with Crippen molar-refractivity contribution in [3.63, 3.8) is 0 Å². The maximum Gasteiger partial charge on any atom is 0.257 e. The molecule has 0 saturated carbocycles. The summed E-state index contributed by atoms with van der Waals surface area (Å²) in [6.45, 7) is 5.92. The summed E-state index contributed by atoms with van der Waals surface area (Å²) in [4.78, 5) is 14.2. The van der Waals surface area contributed by atoms with Gasteiger partial charge in [-0.05, 0) is 63.8 Å². The average Bonchev–Trinajstić information content (AvgIpc) is 2.41. The molecule has 0 bridgehead atoms. The minimum absolute atomic E-state index is 0.0291. The summed E-state index contributed by atoms with van der Waals surface area (Å²) in [5, 5.41) is 0. The highest BCUT2D eigenvalue weighted by atomic mass is 19.1. The molecule has 2 atom stereocenters. The number of benzene rings is 1. The van der Waals surface area contributed by atoms with E-state index < -0.39 is 17.5 Å². The highest BCUT2D eigenvalue weighted by molar-refractivity contribution is 5.95. The van der Waals surface area contributed by atoms with Gasteiger partial charge in [0, 0.05) is 12.1 Å². The Morgan fingerprint density at radius 2 is 1.81 bits per heavy atom. The van der Waals surface area contributed by atoms with Crippen LogP contribution in [0, 0.1) is 24.5 Å². The van der Waals surface area contributed by atoms with E-state index in [1.54, 1.807) is 4.90 Å². The molecule has 1 saturated heterocycles. The van der Waals surface area contributed by atoms with Gasteiger partial charge in [0.05, 0.1) is 5.56 Å². The van der Waals surface area contributed by atoms with Gasteiger partial charge in [-0.3, -0.25) is 4.79 Å². The number of hydrogen-bond donors (Lipinski definition) is 1. The molecule has 2 N–H and O–H groups in total.